The third-order valence-electron chi connectivity index (χ3n) is 4.10. The van der Waals surface area contributed by atoms with Crippen LogP contribution in [-0.2, 0) is 4.74 Å². The molecule has 1 amide bonds. The maximum atomic E-state index is 12.8. The molecular weight excluding hydrogens is 322 g/mol. The van der Waals surface area contributed by atoms with Crippen LogP contribution < -0.4 is 0 Å². The highest BCUT2D eigenvalue weighted by atomic mass is 16.5. The van der Waals surface area contributed by atoms with E-state index in [4.69, 9.17) is 9.26 Å². The molecule has 0 N–H and O–H groups in total. The van der Waals surface area contributed by atoms with Crippen molar-refractivity contribution in [2.75, 3.05) is 19.8 Å². The number of aryl methyl sites for hydroxylation is 1. The number of benzene rings is 1. The highest BCUT2D eigenvalue weighted by molar-refractivity contribution is 5.91. The van der Waals surface area contributed by atoms with Gasteiger partial charge in [-0.15, -0.1) is 0 Å². The smallest absolute Gasteiger partial charge is 0.293 e. The Bertz CT molecular complexity index is 873. The van der Waals surface area contributed by atoms with Crippen LogP contribution in [0.4, 0.5) is 0 Å². The summed E-state index contributed by atoms with van der Waals surface area (Å²) in [7, 11) is 0. The molecule has 1 aliphatic rings. The van der Waals surface area contributed by atoms with Crippen molar-refractivity contribution in [1.82, 2.24) is 24.8 Å². The molecule has 0 spiro atoms. The van der Waals surface area contributed by atoms with Crippen LogP contribution in [0.1, 0.15) is 28.1 Å². The lowest BCUT2D eigenvalue weighted by atomic mass is 10.2. The second-order valence-corrected chi connectivity index (χ2v) is 5.79. The van der Waals surface area contributed by atoms with Crippen molar-refractivity contribution >= 4 is 5.91 Å². The summed E-state index contributed by atoms with van der Waals surface area (Å²) in [6, 6.07) is 11.0. The summed E-state index contributed by atoms with van der Waals surface area (Å²) >= 11 is 0. The Balaban J connectivity index is 1.69. The molecule has 8 heteroatoms. The molecule has 0 bridgehead atoms. The number of hydrogen-bond acceptors (Lipinski definition) is 6. The van der Waals surface area contributed by atoms with E-state index in [0.717, 1.165) is 5.69 Å². The van der Waals surface area contributed by atoms with E-state index < -0.39 is 0 Å². The summed E-state index contributed by atoms with van der Waals surface area (Å²) in [5, 5.41) is 8.11. The summed E-state index contributed by atoms with van der Waals surface area (Å²) in [6.45, 7) is 3.05. The first kappa shape index (κ1) is 15.5. The first-order chi connectivity index (χ1) is 12.2. The van der Waals surface area contributed by atoms with Gasteiger partial charge in [0.25, 0.3) is 5.91 Å². The molecule has 1 aromatic carbocycles. The van der Waals surface area contributed by atoms with Gasteiger partial charge in [-0.3, -0.25) is 4.79 Å². The number of ether oxygens (including phenoxy) is 1. The van der Waals surface area contributed by atoms with Crippen LogP contribution in [0.3, 0.4) is 0 Å². The van der Waals surface area contributed by atoms with Gasteiger partial charge < -0.3 is 14.2 Å². The van der Waals surface area contributed by atoms with Gasteiger partial charge in [0, 0.05) is 12.6 Å². The normalized spacial score (nSPS) is 17.6. The second-order valence-electron chi connectivity index (χ2n) is 5.79. The van der Waals surface area contributed by atoms with E-state index in [0.29, 0.717) is 31.3 Å². The fourth-order valence-electron chi connectivity index (χ4n) is 2.91. The van der Waals surface area contributed by atoms with E-state index in [9.17, 15) is 4.79 Å². The number of morpholine rings is 1. The number of para-hydroxylation sites is 1. The lowest BCUT2D eigenvalue weighted by molar-refractivity contribution is -0.00769. The Labute approximate surface area is 144 Å². The van der Waals surface area contributed by atoms with Crippen LogP contribution in [-0.4, -0.2) is 50.5 Å². The zero-order chi connectivity index (χ0) is 17.2. The van der Waals surface area contributed by atoms with Crippen LogP contribution in [0.5, 0.6) is 0 Å². The molecule has 4 rings (SSSR count). The number of nitrogens with zero attached hydrogens (tertiary/aromatic N) is 5. The van der Waals surface area contributed by atoms with Crippen LogP contribution in [0.25, 0.3) is 5.69 Å². The van der Waals surface area contributed by atoms with Gasteiger partial charge in [-0.25, -0.2) is 9.67 Å². The molecule has 8 nitrogen and oxygen atoms in total. The van der Waals surface area contributed by atoms with Crippen molar-refractivity contribution in [3.05, 3.63) is 60.0 Å². The molecule has 0 aliphatic carbocycles. The third-order valence-corrected chi connectivity index (χ3v) is 4.10. The predicted octanol–water partition coefficient (Wildman–Crippen LogP) is 1.78. The quantitative estimate of drug-likeness (QED) is 0.723. The van der Waals surface area contributed by atoms with Gasteiger partial charge in [0.05, 0.1) is 24.6 Å². The fourth-order valence-corrected chi connectivity index (χ4v) is 2.91. The molecule has 128 valence electrons. The summed E-state index contributed by atoms with van der Waals surface area (Å²) in [5.74, 6) is 0.641. The average molecular weight is 339 g/mol. The van der Waals surface area contributed by atoms with E-state index in [2.05, 4.69) is 15.2 Å². The molecule has 1 fully saturated rings. The minimum Gasteiger partial charge on any atom is -0.377 e. The van der Waals surface area contributed by atoms with Gasteiger partial charge in [0.2, 0.25) is 5.76 Å². The van der Waals surface area contributed by atoms with E-state index in [1.54, 1.807) is 22.6 Å². The third kappa shape index (κ3) is 2.91. The predicted molar refractivity (Wildman–Crippen MR) is 87.2 cm³/mol. The standard InChI is InChI=1S/C17H17N5O3/c1-12-9-15(25-20-12)17(23)21-7-8-24-10-14(21)16-18-11-19-22(16)13-5-3-2-4-6-13/h2-6,9,11,14H,7-8,10H2,1H3/t14-/m0/s1. The lowest BCUT2D eigenvalue weighted by Crippen LogP contribution is -2.44. The first-order valence-electron chi connectivity index (χ1n) is 8.01. The molecule has 2 aromatic heterocycles. The average Bonchev–Trinajstić information content (AvgIpc) is 3.31. The van der Waals surface area contributed by atoms with E-state index in [-0.39, 0.29) is 17.7 Å². The minimum atomic E-state index is -0.352. The number of hydrogen-bond donors (Lipinski definition) is 0. The zero-order valence-electron chi connectivity index (χ0n) is 13.7. The Hall–Kier alpha value is -3.00. The van der Waals surface area contributed by atoms with Crippen molar-refractivity contribution in [3.8, 4) is 5.69 Å². The van der Waals surface area contributed by atoms with Crippen molar-refractivity contribution in [1.29, 1.82) is 0 Å². The number of amides is 1. The number of aromatic nitrogens is 4. The Morgan fingerprint density at radius 3 is 2.88 bits per heavy atom. The summed E-state index contributed by atoms with van der Waals surface area (Å²) in [6.07, 6.45) is 1.48. The van der Waals surface area contributed by atoms with Gasteiger partial charge >= 0.3 is 0 Å². The fraction of sp³-hybridized carbons (Fsp3) is 0.294. The van der Waals surface area contributed by atoms with E-state index in [1.807, 2.05) is 30.3 Å². The van der Waals surface area contributed by atoms with Crippen molar-refractivity contribution in [2.24, 2.45) is 0 Å². The monoisotopic (exact) mass is 339 g/mol. The topological polar surface area (TPSA) is 86.3 Å². The minimum absolute atomic E-state index is 0.218. The molecule has 0 radical (unpaired) electrons. The highest BCUT2D eigenvalue weighted by Crippen LogP contribution is 2.26. The maximum absolute atomic E-state index is 12.8. The van der Waals surface area contributed by atoms with Crippen LogP contribution in [0.2, 0.25) is 0 Å². The Kier molecular flexibility index (Phi) is 4.02. The first-order valence-corrected chi connectivity index (χ1v) is 8.01. The van der Waals surface area contributed by atoms with Crippen molar-refractivity contribution in [2.45, 2.75) is 13.0 Å². The molecule has 3 aromatic rings. The molecule has 3 heterocycles. The molecular formula is C17H17N5O3. The second kappa shape index (κ2) is 6.48. The Morgan fingerprint density at radius 2 is 2.12 bits per heavy atom. The van der Waals surface area contributed by atoms with Crippen molar-refractivity contribution < 1.29 is 14.1 Å². The van der Waals surface area contributed by atoms with Gasteiger partial charge in [-0.05, 0) is 19.1 Å². The van der Waals surface area contributed by atoms with Gasteiger partial charge in [0.1, 0.15) is 12.4 Å². The number of carbonyl (C=O) groups is 1. The Morgan fingerprint density at radius 1 is 1.28 bits per heavy atom. The SMILES string of the molecule is Cc1cc(C(=O)N2CCOC[C@H]2c2ncnn2-c2ccccc2)on1. The van der Waals surface area contributed by atoms with E-state index in [1.165, 1.54) is 6.33 Å². The molecule has 0 unspecified atom stereocenters. The molecule has 1 aliphatic heterocycles. The van der Waals surface area contributed by atoms with E-state index >= 15 is 0 Å². The number of carbonyl (C=O) groups excluding carboxylic acids is 1. The molecule has 0 saturated carbocycles. The maximum Gasteiger partial charge on any atom is 0.293 e. The van der Waals surface area contributed by atoms with Crippen LogP contribution in [0.15, 0.2) is 47.2 Å². The lowest BCUT2D eigenvalue weighted by Gasteiger charge is -2.34. The summed E-state index contributed by atoms with van der Waals surface area (Å²) < 4.78 is 12.5. The number of rotatable bonds is 3. The van der Waals surface area contributed by atoms with Crippen LogP contribution in [0, 0.1) is 6.92 Å². The molecule has 1 atom stereocenters. The largest absolute Gasteiger partial charge is 0.377 e. The highest BCUT2D eigenvalue weighted by Gasteiger charge is 2.34. The van der Waals surface area contributed by atoms with Gasteiger partial charge in [-0.2, -0.15) is 5.10 Å². The molecule has 25 heavy (non-hydrogen) atoms. The van der Waals surface area contributed by atoms with Gasteiger partial charge in [0.15, 0.2) is 5.82 Å². The van der Waals surface area contributed by atoms with Gasteiger partial charge in [-0.1, -0.05) is 23.4 Å². The molecule has 1 saturated heterocycles. The summed E-state index contributed by atoms with van der Waals surface area (Å²) in [4.78, 5) is 18.9. The van der Waals surface area contributed by atoms with Crippen molar-refractivity contribution in [3.63, 3.8) is 0 Å². The van der Waals surface area contributed by atoms with Crippen LogP contribution >= 0.6 is 0 Å². The zero-order valence-corrected chi connectivity index (χ0v) is 13.7. The summed E-state index contributed by atoms with van der Waals surface area (Å²) in [5.41, 5.74) is 1.55.